The van der Waals surface area contributed by atoms with Gasteiger partial charge in [-0.05, 0) is 32.6 Å². The number of rotatable bonds is 5. The van der Waals surface area contributed by atoms with Crippen molar-refractivity contribution in [3.63, 3.8) is 0 Å². The van der Waals surface area contributed by atoms with Gasteiger partial charge in [0.2, 0.25) is 0 Å². The molecule has 1 fully saturated rings. The molecule has 1 saturated carbocycles. The Morgan fingerprint density at radius 2 is 1.92 bits per heavy atom. The first-order valence-corrected chi connectivity index (χ1v) is 5.48. The maximum Gasteiger partial charge on any atom is 0.00438 e. The van der Waals surface area contributed by atoms with Crippen molar-refractivity contribution >= 4 is 0 Å². The highest BCUT2D eigenvalue weighted by molar-refractivity contribution is 4.76. The molecule has 0 heterocycles. The summed E-state index contributed by atoms with van der Waals surface area (Å²) in [7, 11) is 0. The molecule has 12 heavy (non-hydrogen) atoms. The molecule has 0 radical (unpaired) electrons. The Hall–Kier alpha value is -0.0400. The predicted octanol–water partition coefficient (Wildman–Crippen LogP) is 2.95. The molecule has 0 bridgehead atoms. The zero-order valence-electron chi connectivity index (χ0n) is 8.77. The zero-order chi connectivity index (χ0) is 8.97. The Bertz CT molecular complexity index is 111. The first-order valence-electron chi connectivity index (χ1n) is 5.48. The van der Waals surface area contributed by atoms with Crippen molar-refractivity contribution in [1.82, 2.24) is 5.32 Å². The third kappa shape index (κ3) is 3.14. The van der Waals surface area contributed by atoms with Gasteiger partial charge in [-0.25, -0.2) is 0 Å². The van der Waals surface area contributed by atoms with Crippen LogP contribution in [0.15, 0.2) is 0 Å². The Labute approximate surface area is 76.9 Å². The van der Waals surface area contributed by atoms with Gasteiger partial charge in [-0.1, -0.05) is 26.2 Å². The van der Waals surface area contributed by atoms with Gasteiger partial charge in [-0.3, -0.25) is 0 Å². The lowest BCUT2D eigenvalue weighted by molar-refractivity contribution is 0.258. The molecule has 0 spiro atoms. The van der Waals surface area contributed by atoms with E-state index in [1.807, 2.05) is 0 Å². The molecule has 1 rings (SSSR count). The topological polar surface area (TPSA) is 12.0 Å². The first kappa shape index (κ1) is 10.0. The Balaban J connectivity index is 2.05. The van der Waals surface area contributed by atoms with Crippen molar-refractivity contribution in [2.24, 2.45) is 5.92 Å². The van der Waals surface area contributed by atoms with Crippen molar-refractivity contribution in [2.75, 3.05) is 0 Å². The molecule has 0 saturated heterocycles. The van der Waals surface area contributed by atoms with Crippen LogP contribution in [0.5, 0.6) is 0 Å². The van der Waals surface area contributed by atoms with Crippen molar-refractivity contribution < 1.29 is 0 Å². The van der Waals surface area contributed by atoms with Crippen molar-refractivity contribution in [1.29, 1.82) is 0 Å². The summed E-state index contributed by atoms with van der Waals surface area (Å²) >= 11 is 0. The minimum Gasteiger partial charge on any atom is -0.312 e. The minimum atomic E-state index is 0.695. The molecule has 0 aromatic heterocycles. The van der Waals surface area contributed by atoms with E-state index in [1.54, 1.807) is 0 Å². The molecule has 1 heteroatoms. The van der Waals surface area contributed by atoms with Gasteiger partial charge < -0.3 is 5.32 Å². The number of nitrogens with one attached hydrogen (secondary N) is 1. The smallest absolute Gasteiger partial charge is 0.00438 e. The molecule has 2 unspecified atom stereocenters. The molecular weight excluding hydrogens is 146 g/mol. The van der Waals surface area contributed by atoms with Gasteiger partial charge in [0.25, 0.3) is 0 Å². The van der Waals surface area contributed by atoms with Gasteiger partial charge in [0.05, 0.1) is 0 Å². The quantitative estimate of drug-likeness (QED) is 0.667. The van der Waals surface area contributed by atoms with E-state index in [1.165, 1.54) is 32.1 Å². The van der Waals surface area contributed by atoms with Gasteiger partial charge in [-0.15, -0.1) is 0 Å². The average molecular weight is 169 g/mol. The van der Waals surface area contributed by atoms with Crippen LogP contribution < -0.4 is 5.32 Å². The second-order valence-corrected chi connectivity index (χ2v) is 4.41. The molecule has 0 aliphatic heterocycles. The van der Waals surface area contributed by atoms with Gasteiger partial charge in [0.1, 0.15) is 0 Å². The molecule has 1 aliphatic rings. The lowest BCUT2D eigenvalue weighted by Crippen LogP contribution is -2.36. The highest BCUT2D eigenvalue weighted by Crippen LogP contribution is 2.30. The number of hydrogen-bond acceptors (Lipinski definition) is 1. The van der Waals surface area contributed by atoms with E-state index in [4.69, 9.17) is 0 Å². The molecule has 0 amide bonds. The largest absolute Gasteiger partial charge is 0.312 e. The summed E-state index contributed by atoms with van der Waals surface area (Å²) in [6.07, 6.45) is 7.07. The Kier molecular flexibility index (Phi) is 4.07. The fraction of sp³-hybridized carbons (Fsp3) is 1.00. The van der Waals surface area contributed by atoms with E-state index < -0.39 is 0 Å². The van der Waals surface area contributed by atoms with Crippen LogP contribution in [0, 0.1) is 5.92 Å². The summed E-state index contributed by atoms with van der Waals surface area (Å²) in [5.74, 6) is 1.04. The third-order valence-corrected chi connectivity index (χ3v) is 3.09. The normalized spacial score (nSPS) is 23.2. The summed E-state index contributed by atoms with van der Waals surface area (Å²) < 4.78 is 0. The molecule has 1 aliphatic carbocycles. The van der Waals surface area contributed by atoms with E-state index >= 15 is 0 Å². The standard InChI is InChI=1S/C11H23N/c1-4-9(2)12-10(3)8-11-6-5-7-11/h9-12H,4-8H2,1-3H3. The van der Waals surface area contributed by atoms with E-state index in [0.717, 1.165) is 12.0 Å². The van der Waals surface area contributed by atoms with Crippen LogP contribution in [0.1, 0.15) is 52.9 Å². The predicted molar refractivity (Wildman–Crippen MR) is 54.3 cm³/mol. The minimum absolute atomic E-state index is 0.695. The molecule has 0 aromatic rings. The van der Waals surface area contributed by atoms with Crippen LogP contribution in [-0.4, -0.2) is 12.1 Å². The van der Waals surface area contributed by atoms with Gasteiger partial charge >= 0.3 is 0 Å². The van der Waals surface area contributed by atoms with Crippen molar-refractivity contribution in [3.8, 4) is 0 Å². The lowest BCUT2D eigenvalue weighted by Gasteiger charge is -2.29. The average Bonchev–Trinajstić information content (AvgIpc) is 1.97. The summed E-state index contributed by atoms with van der Waals surface area (Å²) in [6.45, 7) is 6.84. The molecule has 1 N–H and O–H groups in total. The second kappa shape index (κ2) is 4.86. The molecule has 0 aromatic carbocycles. The van der Waals surface area contributed by atoms with Gasteiger partial charge in [-0.2, -0.15) is 0 Å². The summed E-state index contributed by atoms with van der Waals surface area (Å²) in [5.41, 5.74) is 0. The highest BCUT2D eigenvalue weighted by atomic mass is 14.9. The van der Waals surface area contributed by atoms with Crippen LogP contribution in [0.2, 0.25) is 0 Å². The second-order valence-electron chi connectivity index (χ2n) is 4.41. The molecule has 2 atom stereocenters. The van der Waals surface area contributed by atoms with Gasteiger partial charge in [0, 0.05) is 12.1 Å². The summed E-state index contributed by atoms with van der Waals surface area (Å²) in [4.78, 5) is 0. The Morgan fingerprint density at radius 1 is 1.25 bits per heavy atom. The third-order valence-electron chi connectivity index (χ3n) is 3.09. The highest BCUT2D eigenvalue weighted by Gasteiger charge is 2.20. The van der Waals surface area contributed by atoms with E-state index in [2.05, 4.69) is 26.1 Å². The number of hydrogen-bond donors (Lipinski definition) is 1. The fourth-order valence-electron chi connectivity index (χ4n) is 1.90. The SMILES string of the molecule is CCC(C)NC(C)CC1CCC1. The lowest BCUT2D eigenvalue weighted by atomic mass is 9.81. The zero-order valence-corrected chi connectivity index (χ0v) is 8.77. The van der Waals surface area contributed by atoms with Crippen molar-refractivity contribution in [2.45, 2.75) is 65.0 Å². The first-order chi connectivity index (χ1) is 5.72. The fourth-order valence-corrected chi connectivity index (χ4v) is 1.90. The monoisotopic (exact) mass is 169 g/mol. The van der Waals surface area contributed by atoms with E-state index in [9.17, 15) is 0 Å². The van der Waals surface area contributed by atoms with Gasteiger partial charge in [0.15, 0.2) is 0 Å². The van der Waals surface area contributed by atoms with E-state index in [-0.39, 0.29) is 0 Å². The van der Waals surface area contributed by atoms with Crippen LogP contribution in [0.3, 0.4) is 0 Å². The van der Waals surface area contributed by atoms with Crippen LogP contribution >= 0.6 is 0 Å². The molecule has 72 valence electrons. The Morgan fingerprint density at radius 3 is 2.33 bits per heavy atom. The molecular formula is C11H23N. The van der Waals surface area contributed by atoms with E-state index in [0.29, 0.717) is 6.04 Å². The van der Waals surface area contributed by atoms with Crippen LogP contribution in [0.4, 0.5) is 0 Å². The van der Waals surface area contributed by atoms with Crippen LogP contribution in [0.25, 0.3) is 0 Å². The van der Waals surface area contributed by atoms with Crippen molar-refractivity contribution in [3.05, 3.63) is 0 Å². The molecule has 1 nitrogen and oxygen atoms in total. The maximum atomic E-state index is 3.63. The summed E-state index contributed by atoms with van der Waals surface area (Å²) in [5, 5.41) is 3.63. The maximum absolute atomic E-state index is 3.63. The van der Waals surface area contributed by atoms with Crippen LogP contribution in [-0.2, 0) is 0 Å². The summed E-state index contributed by atoms with van der Waals surface area (Å²) in [6, 6.07) is 1.42.